The molecule has 0 aromatic carbocycles. The molecule has 4 nitrogen and oxygen atoms in total. The lowest BCUT2D eigenvalue weighted by molar-refractivity contribution is -0.313. The second-order valence-electron chi connectivity index (χ2n) is 7.20. The van der Waals surface area contributed by atoms with Crippen molar-refractivity contribution in [3.05, 3.63) is 12.2 Å². The molecule has 1 amide bonds. The summed E-state index contributed by atoms with van der Waals surface area (Å²) in [6.45, 7) is 4.42. The van der Waals surface area contributed by atoms with Crippen molar-refractivity contribution in [2.45, 2.75) is 45.6 Å². The van der Waals surface area contributed by atoms with Crippen LogP contribution in [-0.4, -0.2) is 17.9 Å². The molecule has 0 saturated heterocycles. The third kappa shape index (κ3) is 2.49. The van der Waals surface area contributed by atoms with Gasteiger partial charge in [0.2, 0.25) is 5.91 Å². The van der Waals surface area contributed by atoms with Gasteiger partial charge in [0.25, 0.3) is 0 Å². The number of carbonyl (C=O) groups excluding carboxylic acids is 2. The Kier molecular flexibility index (Phi) is 3.80. The molecule has 7 atom stereocenters. The van der Waals surface area contributed by atoms with Gasteiger partial charge in [0.05, 0.1) is 5.92 Å². The van der Waals surface area contributed by atoms with Crippen LogP contribution in [0, 0.1) is 35.5 Å². The first kappa shape index (κ1) is 14.6. The normalized spacial score (nSPS) is 44.8. The SMILES string of the molecule is CC1CCCC(NC(=O)C2C3C=CC(C3)C2C(=O)[O-])C1C. The minimum Gasteiger partial charge on any atom is -0.550 e. The molecule has 1 N–H and O–H groups in total. The van der Waals surface area contributed by atoms with Crippen molar-refractivity contribution < 1.29 is 14.7 Å². The number of hydrogen-bond acceptors (Lipinski definition) is 3. The van der Waals surface area contributed by atoms with Crippen LogP contribution in [0.2, 0.25) is 0 Å². The summed E-state index contributed by atoms with van der Waals surface area (Å²) in [4.78, 5) is 24.0. The first-order chi connectivity index (χ1) is 9.99. The Hall–Kier alpha value is -1.32. The predicted molar refractivity (Wildman–Crippen MR) is 76.8 cm³/mol. The summed E-state index contributed by atoms with van der Waals surface area (Å²) < 4.78 is 0. The van der Waals surface area contributed by atoms with E-state index in [0.717, 1.165) is 19.3 Å². The molecule has 2 saturated carbocycles. The number of rotatable bonds is 3. The van der Waals surface area contributed by atoms with E-state index in [4.69, 9.17) is 0 Å². The zero-order valence-electron chi connectivity index (χ0n) is 12.7. The van der Waals surface area contributed by atoms with Crippen LogP contribution in [0.1, 0.15) is 39.5 Å². The van der Waals surface area contributed by atoms with Crippen molar-refractivity contribution in [3.63, 3.8) is 0 Å². The van der Waals surface area contributed by atoms with Gasteiger partial charge in [-0.05, 0) is 36.5 Å². The maximum Gasteiger partial charge on any atom is 0.224 e. The largest absolute Gasteiger partial charge is 0.550 e. The summed E-state index contributed by atoms with van der Waals surface area (Å²) in [5, 5.41) is 14.5. The van der Waals surface area contributed by atoms with E-state index in [0.29, 0.717) is 11.8 Å². The summed E-state index contributed by atoms with van der Waals surface area (Å²) in [6, 6.07) is 0.187. The molecule has 0 aromatic heterocycles. The number of carboxylic acid groups (broad SMARTS) is 1. The topological polar surface area (TPSA) is 69.2 Å². The molecular weight excluding hydrogens is 266 g/mol. The van der Waals surface area contributed by atoms with Crippen LogP contribution < -0.4 is 10.4 Å². The maximum absolute atomic E-state index is 12.6. The molecule has 116 valence electrons. The highest BCUT2D eigenvalue weighted by molar-refractivity contribution is 5.86. The highest BCUT2D eigenvalue weighted by Crippen LogP contribution is 2.48. The molecule has 3 aliphatic rings. The number of fused-ring (bicyclic) bond motifs is 2. The van der Waals surface area contributed by atoms with Crippen LogP contribution in [-0.2, 0) is 9.59 Å². The smallest absolute Gasteiger partial charge is 0.224 e. The van der Waals surface area contributed by atoms with Gasteiger partial charge >= 0.3 is 0 Å². The van der Waals surface area contributed by atoms with E-state index in [2.05, 4.69) is 19.2 Å². The lowest BCUT2D eigenvalue weighted by atomic mass is 9.77. The number of carbonyl (C=O) groups is 2. The molecule has 3 aliphatic carbocycles. The Bertz CT molecular complexity index is 473. The van der Waals surface area contributed by atoms with Crippen molar-refractivity contribution in [1.82, 2.24) is 5.32 Å². The molecule has 0 aromatic rings. The van der Waals surface area contributed by atoms with E-state index in [1.807, 2.05) is 12.2 Å². The molecule has 7 unspecified atom stereocenters. The minimum absolute atomic E-state index is 0.0153. The van der Waals surface area contributed by atoms with Gasteiger partial charge in [-0.15, -0.1) is 0 Å². The van der Waals surface area contributed by atoms with Crippen molar-refractivity contribution in [2.75, 3.05) is 0 Å². The predicted octanol–water partition coefficient (Wildman–Crippen LogP) is 1.12. The second-order valence-corrected chi connectivity index (χ2v) is 7.20. The number of allylic oxidation sites excluding steroid dienone is 2. The third-order valence-electron chi connectivity index (χ3n) is 6.07. The lowest BCUT2D eigenvalue weighted by Crippen LogP contribution is -2.50. The second kappa shape index (κ2) is 5.47. The molecule has 2 bridgehead atoms. The fourth-order valence-electron chi connectivity index (χ4n) is 4.57. The zero-order valence-corrected chi connectivity index (χ0v) is 12.7. The Morgan fingerprint density at radius 1 is 1.10 bits per heavy atom. The third-order valence-corrected chi connectivity index (χ3v) is 6.07. The van der Waals surface area contributed by atoms with Crippen molar-refractivity contribution in [3.8, 4) is 0 Å². The Morgan fingerprint density at radius 3 is 2.43 bits per heavy atom. The first-order valence-electron chi connectivity index (χ1n) is 8.18. The summed E-state index contributed by atoms with van der Waals surface area (Å²) in [5.41, 5.74) is 0. The fraction of sp³-hybridized carbons (Fsp3) is 0.765. The standard InChI is InChI=1S/C17H25NO3/c1-9-4-3-5-13(10(9)2)18-16(19)14-11-6-7-12(8-11)15(14)17(20)21/h6-7,9-15H,3-5,8H2,1-2H3,(H,18,19)(H,20,21)/p-1. The highest BCUT2D eigenvalue weighted by atomic mass is 16.4. The molecule has 0 aliphatic heterocycles. The molecule has 2 fully saturated rings. The molecule has 0 radical (unpaired) electrons. The monoisotopic (exact) mass is 290 g/mol. The van der Waals surface area contributed by atoms with Gasteiger partial charge in [0, 0.05) is 17.9 Å². The van der Waals surface area contributed by atoms with E-state index >= 15 is 0 Å². The van der Waals surface area contributed by atoms with Gasteiger partial charge in [-0.3, -0.25) is 4.79 Å². The highest BCUT2D eigenvalue weighted by Gasteiger charge is 2.49. The van der Waals surface area contributed by atoms with Crippen molar-refractivity contribution in [2.24, 2.45) is 35.5 Å². The first-order valence-corrected chi connectivity index (χ1v) is 8.18. The molecule has 0 spiro atoms. The van der Waals surface area contributed by atoms with Gasteiger partial charge in [-0.1, -0.05) is 38.8 Å². The summed E-state index contributed by atoms with van der Waals surface area (Å²) >= 11 is 0. The number of amides is 1. The van der Waals surface area contributed by atoms with Crippen LogP contribution in [0.3, 0.4) is 0 Å². The molecule has 0 heterocycles. The minimum atomic E-state index is -1.07. The summed E-state index contributed by atoms with van der Waals surface area (Å²) in [6.07, 6.45) is 8.10. The van der Waals surface area contributed by atoms with Gasteiger partial charge in [0.1, 0.15) is 0 Å². The van der Waals surface area contributed by atoms with E-state index in [1.54, 1.807) is 0 Å². The Balaban J connectivity index is 1.70. The number of nitrogens with one attached hydrogen (secondary N) is 1. The Labute approximate surface area is 126 Å². The molecule has 21 heavy (non-hydrogen) atoms. The number of carboxylic acids is 1. The zero-order chi connectivity index (χ0) is 15.1. The van der Waals surface area contributed by atoms with Gasteiger partial charge in [-0.2, -0.15) is 0 Å². The van der Waals surface area contributed by atoms with Crippen LogP contribution in [0.25, 0.3) is 0 Å². The van der Waals surface area contributed by atoms with Gasteiger partial charge in [-0.25, -0.2) is 0 Å². The van der Waals surface area contributed by atoms with Gasteiger partial charge in [0.15, 0.2) is 0 Å². The van der Waals surface area contributed by atoms with E-state index < -0.39 is 17.8 Å². The molecule has 3 rings (SSSR count). The molecular formula is C17H24NO3-. The van der Waals surface area contributed by atoms with E-state index in [-0.39, 0.29) is 23.8 Å². The lowest BCUT2D eigenvalue weighted by Gasteiger charge is -2.36. The molecule has 4 heteroatoms. The Morgan fingerprint density at radius 2 is 1.76 bits per heavy atom. The van der Waals surface area contributed by atoms with Crippen LogP contribution in [0.15, 0.2) is 12.2 Å². The average molecular weight is 290 g/mol. The summed E-state index contributed by atoms with van der Waals surface area (Å²) in [7, 11) is 0. The fourth-order valence-corrected chi connectivity index (χ4v) is 4.57. The van der Waals surface area contributed by atoms with Crippen LogP contribution >= 0.6 is 0 Å². The van der Waals surface area contributed by atoms with E-state index in [1.165, 1.54) is 6.42 Å². The van der Waals surface area contributed by atoms with Crippen molar-refractivity contribution >= 4 is 11.9 Å². The number of aliphatic carboxylic acids is 1. The van der Waals surface area contributed by atoms with Gasteiger partial charge < -0.3 is 15.2 Å². The quantitative estimate of drug-likeness (QED) is 0.792. The van der Waals surface area contributed by atoms with E-state index in [9.17, 15) is 14.7 Å². The number of hydrogen-bond donors (Lipinski definition) is 1. The average Bonchev–Trinajstić information content (AvgIpc) is 3.04. The van der Waals surface area contributed by atoms with Crippen LogP contribution in [0.5, 0.6) is 0 Å². The maximum atomic E-state index is 12.6. The summed E-state index contributed by atoms with van der Waals surface area (Å²) in [5.74, 6) is -1.10. The van der Waals surface area contributed by atoms with Crippen molar-refractivity contribution in [1.29, 1.82) is 0 Å². The van der Waals surface area contributed by atoms with Crippen LogP contribution in [0.4, 0.5) is 0 Å².